The molecule has 1 aliphatic rings. The van der Waals surface area contributed by atoms with Gasteiger partial charge in [0.25, 0.3) is 0 Å². The molecule has 1 fully saturated rings. The largest absolute Gasteiger partial charge is 0.398 e. The summed E-state index contributed by atoms with van der Waals surface area (Å²) in [5, 5.41) is 0. The Bertz CT molecular complexity index is 552. The number of sulfonamides is 1. The maximum Gasteiger partial charge on any atom is 0.242 e. The van der Waals surface area contributed by atoms with Crippen LogP contribution in [-0.2, 0) is 10.0 Å². The van der Waals surface area contributed by atoms with E-state index < -0.39 is 15.8 Å². The SMILES string of the molecule is CC1CCC(NS(=O)(=O)c2ccc(F)cc2N)CC1. The summed E-state index contributed by atoms with van der Waals surface area (Å²) >= 11 is 0. The molecule has 0 radical (unpaired) electrons. The summed E-state index contributed by atoms with van der Waals surface area (Å²) < 4.78 is 40.0. The van der Waals surface area contributed by atoms with E-state index in [-0.39, 0.29) is 16.6 Å². The van der Waals surface area contributed by atoms with Crippen molar-refractivity contribution < 1.29 is 12.8 Å². The van der Waals surface area contributed by atoms with Crippen LogP contribution in [0.3, 0.4) is 0 Å². The monoisotopic (exact) mass is 286 g/mol. The Balaban J connectivity index is 2.14. The highest BCUT2D eigenvalue weighted by molar-refractivity contribution is 7.89. The summed E-state index contributed by atoms with van der Waals surface area (Å²) in [6.07, 6.45) is 3.71. The first-order valence-corrected chi connectivity index (χ1v) is 7.94. The molecule has 19 heavy (non-hydrogen) atoms. The van der Waals surface area contributed by atoms with Crippen molar-refractivity contribution in [1.82, 2.24) is 4.72 Å². The molecule has 1 aromatic carbocycles. The minimum atomic E-state index is -3.67. The van der Waals surface area contributed by atoms with Crippen LogP contribution in [0.5, 0.6) is 0 Å². The molecule has 1 aliphatic carbocycles. The highest BCUT2D eigenvalue weighted by atomic mass is 32.2. The van der Waals surface area contributed by atoms with E-state index in [0.717, 1.165) is 37.8 Å². The van der Waals surface area contributed by atoms with Crippen molar-refractivity contribution in [2.75, 3.05) is 5.73 Å². The van der Waals surface area contributed by atoms with E-state index in [2.05, 4.69) is 11.6 Å². The van der Waals surface area contributed by atoms with Crippen molar-refractivity contribution in [3.05, 3.63) is 24.0 Å². The van der Waals surface area contributed by atoms with E-state index in [9.17, 15) is 12.8 Å². The van der Waals surface area contributed by atoms with Gasteiger partial charge in [-0.2, -0.15) is 0 Å². The molecule has 2 rings (SSSR count). The maximum absolute atomic E-state index is 12.9. The first kappa shape index (κ1) is 14.3. The smallest absolute Gasteiger partial charge is 0.242 e. The number of hydrogen-bond donors (Lipinski definition) is 2. The zero-order chi connectivity index (χ0) is 14.0. The lowest BCUT2D eigenvalue weighted by Gasteiger charge is -2.26. The van der Waals surface area contributed by atoms with Gasteiger partial charge in [-0.25, -0.2) is 17.5 Å². The van der Waals surface area contributed by atoms with Gasteiger partial charge in [-0.3, -0.25) is 0 Å². The highest BCUT2D eigenvalue weighted by Crippen LogP contribution is 2.26. The number of benzene rings is 1. The van der Waals surface area contributed by atoms with Gasteiger partial charge >= 0.3 is 0 Å². The zero-order valence-electron chi connectivity index (χ0n) is 10.9. The Hall–Kier alpha value is -1.14. The van der Waals surface area contributed by atoms with E-state index in [1.807, 2.05) is 0 Å². The molecule has 0 atom stereocenters. The number of halogens is 1. The maximum atomic E-state index is 12.9. The second kappa shape index (κ2) is 5.46. The van der Waals surface area contributed by atoms with Crippen LogP contribution in [0.2, 0.25) is 0 Å². The summed E-state index contributed by atoms with van der Waals surface area (Å²) in [7, 11) is -3.67. The molecule has 0 unspecified atom stereocenters. The molecular weight excluding hydrogens is 267 g/mol. The fraction of sp³-hybridized carbons (Fsp3) is 0.538. The summed E-state index contributed by atoms with van der Waals surface area (Å²) in [5.74, 6) is 0.111. The van der Waals surface area contributed by atoms with E-state index in [0.29, 0.717) is 5.92 Å². The fourth-order valence-corrected chi connectivity index (χ4v) is 3.84. The van der Waals surface area contributed by atoms with Gasteiger partial charge in [0, 0.05) is 6.04 Å². The molecular formula is C13H19FN2O2S. The van der Waals surface area contributed by atoms with Gasteiger partial charge in [0.2, 0.25) is 10.0 Å². The van der Waals surface area contributed by atoms with Gasteiger partial charge < -0.3 is 5.73 Å². The average Bonchev–Trinajstić information content (AvgIpc) is 2.31. The Kier molecular flexibility index (Phi) is 4.10. The first-order chi connectivity index (χ1) is 8.88. The number of nitrogen functional groups attached to an aromatic ring is 1. The second-order valence-electron chi connectivity index (χ2n) is 5.26. The van der Waals surface area contributed by atoms with Crippen molar-refractivity contribution in [2.24, 2.45) is 5.92 Å². The normalized spacial score (nSPS) is 24.3. The third-order valence-electron chi connectivity index (χ3n) is 3.60. The van der Waals surface area contributed by atoms with Crippen LogP contribution < -0.4 is 10.5 Å². The number of rotatable bonds is 3. The molecule has 4 nitrogen and oxygen atoms in total. The van der Waals surface area contributed by atoms with Crippen molar-refractivity contribution >= 4 is 15.7 Å². The van der Waals surface area contributed by atoms with E-state index in [4.69, 9.17) is 5.73 Å². The molecule has 3 N–H and O–H groups in total. The Morgan fingerprint density at radius 2 is 1.89 bits per heavy atom. The fourth-order valence-electron chi connectivity index (χ4n) is 2.42. The van der Waals surface area contributed by atoms with Gasteiger partial charge in [0.05, 0.1) is 5.69 Å². The Morgan fingerprint density at radius 3 is 2.47 bits per heavy atom. The molecule has 0 aliphatic heterocycles. The summed E-state index contributed by atoms with van der Waals surface area (Å²) in [6, 6.07) is 3.29. The molecule has 0 aromatic heterocycles. The van der Waals surface area contributed by atoms with Crippen molar-refractivity contribution in [1.29, 1.82) is 0 Å². The van der Waals surface area contributed by atoms with Crippen LogP contribution in [0.25, 0.3) is 0 Å². The predicted octanol–water partition coefficient (Wildman–Crippen LogP) is 2.26. The lowest BCUT2D eigenvalue weighted by atomic mass is 9.88. The van der Waals surface area contributed by atoms with E-state index in [1.165, 1.54) is 6.07 Å². The van der Waals surface area contributed by atoms with Crippen LogP contribution in [-0.4, -0.2) is 14.5 Å². The molecule has 6 heteroatoms. The number of hydrogen-bond acceptors (Lipinski definition) is 3. The summed E-state index contributed by atoms with van der Waals surface area (Å²) in [5.41, 5.74) is 5.52. The molecule has 0 heterocycles. The predicted molar refractivity (Wildman–Crippen MR) is 72.6 cm³/mol. The Morgan fingerprint density at radius 1 is 1.26 bits per heavy atom. The standard InChI is InChI=1S/C13H19FN2O2S/c1-9-2-5-11(6-3-9)16-19(17,18)13-7-4-10(14)8-12(13)15/h4,7-9,11,16H,2-3,5-6,15H2,1H3. The molecule has 1 aromatic rings. The lowest BCUT2D eigenvalue weighted by Crippen LogP contribution is -2.37. The quantitative estimate of drug-likeness (QED) is 0.837. The summed E-state index contributed by atoms with van der Waals surface area (Å²) in [4.78, 5) is -0.0486. The minimum Gasteiger partial charge on any atom is -0.398 e. The topological polar surface area (TPSA) is 72.2 Å². The first-order valence-electron chi connectivity index (χ1n) is 6.46. The number of nitrogens with one attached hydrogen (secondary N) is 1. The van der Waals surface area contributed by atoms with Gasteiger partial charge in [-0.05, 0) is 49.8 Å². The number of anilines is 1. The average molecular weight is 286 g/mol. The van der Waals surface area contributed by atoms with Crippen LogP contribution in [0.15, 0.2) is 23.1 Å². The molecule has 106 valence electrons. The van der Waals surface area contributed by atoms with Crippen LogP contribution in [0.4, 0.5) is 10.1 Å². The third-order valence-corrected chi connectivity index (χ3v) is 5.19. The van der Waals surface area contributed by atoms with E-state index in [1.54, 1.807) is 0 Å². The highest BCUT2D eigenvalue weighted by Gasteiger charge is 2.25. The van der Waals surface area contributed by atoms with Gasteiger partial charge in [0.15, 0.2) is 0 Å². The van der Waals surface area contributed by atoms with Crippen LogP contribution >= 0.6 is 0 Å². The molecule has 0 bridgehead atoms. The van der Waals surface area contributed by atoms with Gasteiger partial charge in [0.1, 0.15) is 10.7 Å². The third kappa shape index (κ3) is 3.45. The zero-order valence-corrected chi connectivity index (χ0v) is 11.7. The molecule has 0 saturated heterocycles. The molecule has 1 saturated carbocycles. The van der Waals surface area contributed by atoms with E-state index >= 15 is 0 Å². The van der Waals surface area contributed by atoms with Crippen molar-refractivity contribution in [3.63, 3.8) is 0 Å². The minimum absolute atomic E-state index is 0.0486. The van der Waals surface area contributed by atoms with Crippen LogP contribution in [0.1, 0.15) is 32.6 Å². The Labute approximate surface area is 113 Å². The van der Waals surface area contributed by atoms with Crippen molar-refractivity contribution in [2.45, 2.75) is 43.5 Å². The van der Waals surface area contributed by atoms with Gasteiger partial charge in [-0.1, -0.05) is 6.92 Å². The second-order valence-corrected chi connectivity index (χ2v) is 6.94. The van der Waals surface area contributed by atoms with Gasteiger partial charge in [-0.15, -0.1) is 0 Å². The molecule has 0 amide bonds. The summed E-state index contributed by atoms with van der Waals surface area (Å²) in [6.45, 7) is 2.17. The number of nitrogens with two attached hydrogens (primary N) is 1. The van der Waals surface area contributed by atoms with Crippen LogP contribution in [0, 0.1) is 11.7 Å². The molecule has 0 spiro atoms. The lowest BCUT2D eigenvalue weighted by molar-refractivity contribution is 0.332. The van der Waals surface area contributed by atoms with Crippen molar-refractivity contribution in [3.8, 4) is 0 Å².